The quantitative estimate of drug-likeness (QED) is 0.773. The Morgan fingerprint density at radius 1 is 1.24 bits per heavy atom. The maximum atomic E-state index is 5.85. The Labute approximate surface area is 128 Å². The molecule has 2 aromatic heterocycles. The fourth-order valence-electron chi connectivity index (χ4n) is 2.16. The van der Waals surface area contributed by atoms with Gasteiger partial charge in [-0.05, 0) is 37.6 Å². The van der Waals surface area contributed by atoms with Gasteiger partial charge in [0.15, 0.2) is 10.8 Å². The number of rotatable bonds is 5. The zero-order chi connectivity index (χ0) is 14.8. The van der Waals surface area contributed by atoms with Crippen molar-refractivity contribution in [3.63, 3.8) is 0 Å². The van der Waals surface area contributed by atoms with Crippen LogP contribution in [0.1, 0.15) is 24.4 Å². The van der Waals surface area contributed by atoms with E-state index in [1.807, 2.05) is 12.1 Å². The van der Waals surface area contributed by atoms with E-state index in [-0.39, 0.29) is 0 Å². The molecule has 3 rings (SSSR count). The number of nitrogens with zero attached hydrogens (tertiary/aromatic N) is 2. The van der Waals surface area contributed by atoms with E-state index >= 15 is 0 Å². The molecule has 2 heterocycles. The molecule has 0 bridgehead atoms. The SMILES string of the molecule is Cc1ccc2oc(-c3nnc(CNCC(C)C)s3)cc2c1. The summed E-state index contributed by atoms with van der Waals surface area (Å²) >= 11 is 1.58. The Bertz CT molecular complexity index is 745. The molecule has 3 aromatic rings. The standard InChI is InChI=1S/C16H19N3OS/c1-10(2)8-17-9-15-18-19-16(21-15)14-7-12-6-11(3)4-5-13(12)20-14/h4-7,10,17H,8-9H2,1-3H3. The van der Waals surface area contributed by atoms with Crippen molar-refractivity contribution in [2.75, 3.05) is 6.54 Å². The van der Waals surface area contributed by atoms with Gasteiger partial charge >= 0.3 is 0 Å². The fraction of sp³-hybridized carbons (Fsp3) is 0.375. The third-order valence-corrected chi connectivity index (χ3v) is 4.12. The Morgan fingerprint density at radius 3 is 2.90 bits per heavy atom. The molecule has 110 valence electrons. The lowest BCUT2D eigenvalue weighted by atomic mass is 10.2. The lowest BCUT2D eigenvalue weighted by molar-refractivity contribution is 0.550. The Kier molecular flexibility index (Phi) is 4.03. The molecule has 0 unspecified atom stereocenters. The third-order valence-electron chi connectivity index (χ3n) is 3.18. The van der Waals surface area contributed by atoms with Crippen LogP contribution in [0.15, 0.2) is 28.7 Å². The molecule has 0 aliphatic heterocycles. The zero-order valence-corrected chi connectivity index (χ0v) is 13.3. The van der Waals surface area contributed by atoms with Gasteiger partial charge in [-0.25, -0.2) is 0 Å². The summed E-state index contributed by atoms with van der Waals surface area (Å²) in [6, 6.07) is 8.21. The van der Waals surface area contributed by atoms with Crippen molar-refractivity contribution >= 4 is 22.3 Å². The van der Waals surface area contributed by atoms with Crippen LogP contribution in [0.3, 0.4) is 0 Å². The van der Waals surface area contributed by atoms with Gasteiger partial charge < -0.3 is 9.73 Å². The zero-order valence-electron chi connectivity index (χ0n) is 12.5. The first-order chi connectivity index (χ1) is 10.1. The van der Waals surface area contributed by atoms with Crippen LogP contribution >= 0.6 is 11.3 Å². The van der Waals surface area contributed by atoms with Crippen molar-refractivity contribution in [2.24, 2.45) is 5.92 Å². The van der Waals surface area contributed by atoms with Crippen molar-refractivity contribution in [1.82, 2.24) is 15.5 Å². The number of hydrogen-bond acceptors (Lipinski definition) is 5. The molecule has 5 heteroatoms. The van der Waals surface area contributed by atoms with Crippen molar-refractivity contribution in [2.45, 2.75) is 27.3 Å². The summed E-state index contributed by atoms with van der Waals surface area (Å²) in [6.45, 7) is 8.20. The van der Waals surface area contributed by atoms with Crippen LogP contribution in [0, 0.1) is 12.8 Å². The van der Waals surface area contributed by atoms with Crippen LogP contribution in [-0.4, -0.2) is 16.7 Å². The van der Waals surface area contributed by atoms with Gasteiger partial charge in [-0.1, -0.05) is 36.8 Å². The number of fused-ring (bicyclic) bond motifs is 1. The molecule has 0 spiro atoms. The molecule has 0 aliphatic carbocycles. The average Bonchev–Trinajstić information content (AvgIpc) is 3.03. The van der Waals surface area contributed by atoms with Gasteiger partial charge in [-0.15, -0.1) is 10.2 Å². The summed E-state index contributed by atoms with van der Waals surface area (Å²) in [7, 11) is 0. The van der Waals surface area contributed by atoms with Crippen molar-refractivity contribution in [3.8, 4) is 10.8 Å². The Morgan fingerprint density at radius 2 is 2.10 bits per heavy atom. The number of benzene rings is 1. The lowest BCUT2D eigenvalue weighted by Gasteiger charge is -2.03. The molecular weight excluding hydrogens is 282 g/mol. The second kappa shape index (κ2) is 5.95. The highest BCUT2D eigenvalue weighted by Gasteiger charge is 2.12. The van der Waals surface area contributed by atoms with E-state index in [1.54, 1.807) is 11.3 Å². The van der Waals surface area contributed by atoms with Crippen molar-refractivity contribution in [1.29, 1.82) is 0 Å². The largest absolute Gasteiger partial charge is 0.453 e. The fourth-order valence-corrected chi connectivity index (χ4v) is 2.92. The normalized spacial score (nSPS) is 11.6. The van der Waals surface area contributed by atoms with E-state index < -0.39 is 0 Å². The van der Waals surface area contributed by atoms with Crippen molar-refractivity contribution < 1.29 is 4.42 Å². The molecule has 0 aliphatic rings. The molecule has 4 nitrogen and oxygen atoms in total. The first-order valence-corrected chi connectivity index (χ1v) is 7.97. The lowest BCUT2D eigenvalue weighted by Crippen LogP contribution is -2.18. The summed E-state index contributed by atoms with van der Waals surface area (Å²) in [6.07, 6.45) is 0. The van der Waals surface area contributed by atoms with E-state index in [1.165, 1.54) is 5.56 Å². The number of furan rings is 1. The van der Waals surface area contributed by atoms with E-state index in [2.05, 4.69) is 48.4 Å². The van der Waals surface area contributed by atoms with Gasteiger partial charge in [0.25, 0.3) is 0 Å². The average molecular weight is 301 g/mol. The second-order valence-corrected chi connectivity index (χ2v) is 6.74. The smallest absolute Gasteiger partial charge is 0.183 e. The predicted octanol–water partition coefficient (Wildman–Crippen LogP) is 4.01. The van der Waals surface area contributed by atoms with Crippen LogP contribution in [0.2, 0.25) is 0 Å². The Hall–Kier alpha value is -1.72. The second-order valence-electron chi connectivity index (χ2n) is 5.68. The minimum atomic E-state index is 0.635. The van der Waals surface area contributed by atoms with Gasteiger partial charge in [-0.3, -0.25) is 0 Å². The first kappa shape index (κ1) is 14.2. The summed E-state index contributed by atoms with van der Waals surface area (Å²) in [4.78, 5) is 0. The van der Waals surface area contributed by atoms with Crippen LogP contribution in [0.5, 0.6) is 0 Å². The topological polar surface area (TPSA) is 51.0 Å². The number of hydrogen-bond donors (Lipinski definition) is 1. The monoisotopic (exact) mass is 301 g/mol. The highest BCUT2D eigenvalue weighted by atomic mass is 32.1. The number of aromatic nitrogens is 2. The third kappa shape index (κ3) is 3.31. The molecule has 1 aromatic carbocycles. The van der Waals surface area contributed by atoms with E-state index in [9.17, 15) is 0 Å². The summed E-state index contributed by atoms with van der Waals surface area (Å²) in [5.74, 6) is 1.43. The molecule has 0 saturated carbocycles. The summed E-state index contributed by atoms with van der Waals surface area (Å²) < 4.78 is 5.85. The molecule has 21 heavy (non-hydrogen) atoms. The molecule has 1 N–H and O–H groups in total. The highest BCUT2D eigenvalue weighted by Crippen LogP contribution is 2.30. The summed E-state index contributed by atoms with van der Waals surface area (Å²) in [5, 5.41) is 14.8. The minimum absolute atomic E-state index is 0.635. The number of aryl methyl sites for hydroxylation is 1. The maximum Gasteiger partial charge on any atom is 0.183 e. The van der Waals surface area contributed by atoms with Gasteiger partial charge in [0.1, 0.15) is 10.6 Å². The van der Waals surface area contributed by atoms with E-state index in [0.717, 1.165) is 39.8 Å². The predicted molar refractivity (Wildman–Crippen MR) is 86.4 cm³/mol. The van der Waals surface area contributed by atoms with Gasteiger partial charge in [0.05, 0.1) is 0 Å². The molecule has 0 atom stereocenters. The first-order valence-electron chi connectivity index (χ1n) is 7.15. The van der Waals surface area contributed by atoms with Gasteiger partial charge in [-0.2, -0.15) is 0 Å². The van der Waals surface area contributed by atoms with Gasteiger partial charge in [0, 0.05) is 11.9 Å². The molecule has 0 radical (unpaired) electrons. The maximum absolute atomic E-state index is 5.85. The summed E-state index contributed by atoms with van der Waals surface area (Å²) in [5.41, 5.74) is 2.12. The van der Waals surface area contributed by atoms with Crippen LogP contribution < -0.4 is 5.32 Å². The molecular formula is C16H19N3OS. The Balaban J connectivity index is 1.78. The number of nitrogens with one attached hydrogen (secondary N) is 1. The highest BCUT2D eigenvalue weighted by molar-refractivity contribution is 7.14. The van der Waals surface area contributed by atoms with Crippen LogP contribution in [0.25, 0.3) is 21.7 Å². The van der Waals surface area contributed by atoms with Crippen molar-refractivity contribution in [3.05, 3.63) is 34.8 Å². The van der Waals surface area contributed by atoms with Crippen LogP contribution in [0.4, 0.5) is 0 Å². The molecule has 0 amide bonds. The van der Waals surface area contributed by atoms with Gasteiger partial charge in [0.2, 0.25) is 0 Å². The molecule has 0 saturated heterocycles. The van der Waals surface area contributed by atoms with E-state index in [4.69, 9.17) is 4.42 Å². The molecule has 0 fully saturated rings. The van der Waals surface area contributed by atoms with E-state index in [0.29, 0.717) is 5.92 Å². The minimum Gasteiger partial charge on any atom is -0.453 e. The van der Waals surface area contributed by atoms with Crippen LogP contribution in [-0.2, 0) is 6.54 Å².